The van der Waals surface area contributed by atoms with E-state index in [2.05, 4.69) is 5.32 Å². The van der Waals surface area contributed by atoms with Crippen LogP contribution in [-0.2, 0) is 6.18 Å². The molecule has 0 saturated heterocycles. The normalized spacial score (nSPS) is 11.3. The molecule has 2 aromatic rings. The van der Waals surface area contributed by atoms with E-state index in [1.54, 1.807) is 34.7 Å². The number of benzene rings is 2. The number of carbonyl (C=O) groups is 1. The topological polar surface area (TPSA) is 29.1 Å². The summed E-state index contributed by atoms with van der Waals surface area (Å²) >= 11 is 7.54. The lowest BCUT2D eigenvalue weighted by Crippen LogP contribution is -2.16. The lowest BCUT2D eigenvalue weighted by atomic mass is 10.1. The Balaban J connectivity index is 2.34. The van der Waals surface area contributed by atoms with Gasteiger partial charge in [0.1, 0.15) is 0 Å². The molecule has 7 heteroatoms. The Kier molecular flexibility index (Phi) is 4.77. The first-order chi connectivity index (χ1) is 9.77. The second-order valence-corrected chi connectivity index (χ2v) is 5.83. The maximum absolute atomic E-state index is 13.0. The first-order valence-corrected chi connectivity index (χ1v) is 7.17. The number of halogens is 5. The Labute approximate surface area is 137 Å². The third-order valence-corrected chi connectivity index (χ3v) is 3.53. The fraction of sp³-hybridized carbons (Fsp3) is 0.0714. The second kappa shape index (κ2) is 6.23. The number of nitrogens with one attached hydrogen (secondary N) is 1. The summed E-state index contributed by atoms with van der Waals surface area (Å²) in [4.78, 5) is 12.0. The minimum absolute atomic E-state index is 0.189. The molecular formula is C14H8ClF3INO. The van der Waals surface area contributed by atoms with Gasteiger partial charge in [-0.2, -0.15) is 13.2 Å². The van der Waals surface area contributed by atoms with E-state index in [1.807, 2.05) is 0 Å². The van der Waals surface area contributed by atoms with Crippen LogP contribution in [0.1, 0.15) is 15.9 Å². The number of alkyl halides is 3. The molecule has 21 heavy (non-hydrogen) atoms. The summed E-state index contributed by atoms with van der Waals surface area (Å²) in [6, 6.07) is 9.68. The van der Waals surface area contributed by atoms with E-state index in [1.165, 1.54) is 24.3 Å². The molecule has 110 valence electrons. The van der Waals surface area contributed by atoms with E-state index in [0.29, 0.717) is 8.59 Å². The molecule has 0 aliphatic rings. The minimum Gasteiger partial charge on any atom is -0.321 e. The van der Waals surface area contributed by atoms with Crippen LogP contribution < -0.4 is 5.32 Å². The van der Waals surface area contributed by atoms with Crippen molar-refractivity contribution in [2.24, 2.45) is 0 Å². The molecule has 0 spiro atoms. The smallest absolute Gasteiger partial charge is 0.321 e. The Morgan fingerprint density at radius 3 is 2.48 bits per heavy atom. The number of carbonyl (C=O) groups excluding carboxylic acids is 1. The molecule has 0 radical (unpaired) electrons. The zero-order valence-corrected chi connectivity index (χ0v) is 13.3. The highest BCUT2D eigenvalue weighted by atomic mass is 127. The van der Waals surface area contributed by atoms with Crippen molar-refractivity contribution in [3.63, 3.8) is 0 Å². The van der Waals surface area contributed by atoms with E-state index < -0.39 is 17.6 Å². The summed E-state index contributed by atoms with van der Waals surface area (Å²) < 4.78 is 39.3. The van der Waals surface area contributed by atoms with Gasteiger partial charge in [-0.05, 0) is 59.0 Å². The van der Waals surface area contributed by atoms with Crippen LogP contribution in [0.2, 0.25) is 5.02 Å². The van der Waals surface area contributed by atoms with Crippen molar-refractivity contribution < 1.29 is 18.0 Å². The number of hydrogen-bond donors (Lipinski definition) is 1. The summed E-state index contributed by atoms with van der Waals surface area (Å²) in [5.74, 6) is -0.649. The first-order valence-electron chi connectivity index (χ1n) is 5.71. The summed E-state index contributed by atoms with van der Waals surface area (Å²) in [5.41, 5.74) is -0.980. The van der Waals surface area contributed by atoms with Crippen LogP contribution in [0.15, 0.2) is 42.5 Å². The van der Waals surface area contributed by atoms with Gasteiger partial charge in [0.25, 0.3) is 5.91 Å². The van der Waals surface area contributed by atoms with Crippen molar-refractivity contribution in [3.8, 4) is 0 Å². The SMILES string of the molecule is O=C(Nc1ccc(I)cc1C(F)(F)F)c1cccc(Cl)c1. The molecular weight excluding hydrogens is 418 g/mol. The number of rotatable bonds is 2. The van der Waals surface area contributed by atoms with Gasteiger partial charge < -0.3 is 5.32 Å². The van der Waals surface area contributed by atoms with Crippen molar-refractivity contribution in [3.05, 3.63) is 62.2 Å². The number of amides is 1. The van der Waals surface area contributed by atoms with E-state index in [4.69, 9.17) is 11.6 Å². The zero-order chi connectivity index (χ0) is 15.6. The molecule has 0 aliphatic carbocycles. The zero-order valence-electron chi connectivity index (χ0n) is 10.3. The van der Waals surface area contributed by atoms with Gasteiger partial charge in [-0.1, -0.05) is 17.7 Å². The van der Waals surface area contributed by atoms with Gasteiger partial charge in [-0.25, -0.2) is 0 Å². The lowest BCUT2D eigenvalue weighted by Gasteiger charge is -2.14. The van der Waals surface area contributed by atoms with Crippen molar-refractivity contribution in [1.82, 2.24) is 0 Å². The molecule has 0 heterocycles. The van der Waals surface area contributed by atoms with Gasteiger partial charge in [-0.3, -0.25) is 4.79 Å². The standard InChI is InChI=1S/C14H8ClF3INO/c15-9-3-1-2-8(6-9)13(21)20-12-5-4-10(19)7-11(12)14(16,17)18/h1-7H,(H,20,21). The third kappa shape index (κ3) is 4.10. The summed E-state index contributed by atoms with van der Waals surface area (Å²) in [6.07, 6.45) is -4.54. The average molecular weight is 426 g/mol. The number of hydrogen-bond acceptors (Lipinski definition) is 1. The maximum Gasteiger partial charge on any atom is 0.418 e. The van der Waals surface area contributed by atoms with Crippen molar-refractivity contribution in [2.75, 3.05) is 5.32 Å². The van der Waals surface area contributed by atoms with E-state index in [9.17, 15) is 18.0 Å². The first kappa shape index (κ1) is 16.1. The Bertz CT molecular complexity index is 688. The van der Waals surface area contributed by atoms with E-state index >= 15 is 0 Å². The number of anilines is 1. The van der Waals surface area contributed by atoms with Gasteiger partial charge in [0.2, 0.25) is 0 Å². The average Bonchev–Trinajstić information content (AvgIpc) is 2.39. The highest BCUT2D eigenvalue weighted by Crippen LogP contribution is 2.36. The molecule has 2 nitrogen and oxygen atoms in total. The van der Waals surface area contributed by atoms with Crippen LogP contribution in [0.25, 0.3) is 0 Å². The van der Waals surface area contributed by atoms with Crippen molar-refractivity contribution >= 4 is 45.8 Å². The van der Waals surface area contributed by atoms with Crippen LogP contribution in [-0.4, -0.2) is 5.91 Å². The largest absolute Gasteiger partial charge is 0.418 e. The fourth-order valence-electron chi connectivity index (χ4n) is 1.68. The highest BCUT2D eigenvalue weighted by Gasteiger charge is 2.34. The summed E-state index contributed by atoms with van der Waals surface area (Å²) in [6.45, 7) is 0. The molecule has 0 saturated carbocycles. The Morgan fingerprint density at radius 2 is 1.86 bits per heavy atom. The van der Waals surface area contributed by atoms with Gasteiger partial charge in [0.05, 0.1) is 11.3 Å². The van der Waals surface area contributed by atoms with Crippen LogP contribution >= 0.6 is 34.2 Å². The van der Waals surface area contributed by atoms with Crippen LogP contribution in [0.3, 0.4) is 0 Å². The Morgan fingerprint density at radius 1 is 1.14 bits per heavy atom. The predicted molar refractivity (Wildman–Crippen MR) is 83.6 cm³/mol. The molecule has 0 unspecified atom stereocenters. The van der Waals surface area contributed by atoms with Crippen molar-refractivity contribution in [1.29, 1.82) is 0 Å². The van der Waals surface area contributed by atoms with Crippen LogP contribution in [0.4, 0.5) is 18.9 Å². The molecule has 0 aromatic heterocycles. The lowest BCUT2D eigenvalue weighted by molar-refractivity contribution is -0.137. The molecule has 2 aromatic carbocycles. The van der Waals surface area contributed by atoms with E-state index in [-0.39, 0.29) is 11.3 Å². The summed E-state index contributed by atoms with van der Waals surface area (Å²) in [7, 11) is 0. The molecule has 0 fully saturated rings. The molecule has 0 atom stereocenters. The molecule has 1 N–H and O–H groups in total. The molecule has 1 amide bonds. The molecule has 2 rings (SSSR count). The minimum atomic E-state index is -4.54. The van der Waals surface area contributed by atoms with Crippen LogP contribution in [0, 0.1) is 3.57 Å². The molecule has 0 bridgehead atoms. The predicted octanol–water partition coefficient (Wildman–Crippen LogP) is 5.22. The van der Waals surface area contributed by atoms with Gasteiger partial charge in [0, 0.05) is 14.2 Å². The van der Waals surface area contributed by atoms with Gasteiger partial charge in [0.15, 0.2) is 0 Å². The van der Waals surface area contributed by atoms with E-state index in [0.717, 1.165) is 6.07 Å². The van der Waals surface area contributed by atoms with Gasteiger partial charge in [-0.15, -0.1) is 0 Å². The summed E-state index contributed by atoms with van der Waals surface area (Å²) in [5, 5.41) is 2.60. The quantitative estimate of drug-likeness (QED) is 0.657. The Hall–Kier alpha value is -1.28. The maximum atomic E-state index is 13.0. The van der Waals surface area contributed by atoms with Crippen molar-refractivity contribution in [2.45, 2.75) is 6.18 Å². The highest BCUT2D eigenvalue weighted by molar-refractivity contribution is 14.1. The molecule has 0 aliphatic heterocycles. The third-order valence-electron chi connectivity index (χ3n) is 2.62. The monoisotopic (exact) mass is 425 g/mol. The second-order valence-electron chi connectivity index (χ2n) is 4.15. The van der Waals surface area contributed by atoms with Crippen LogP contribution in [0.5, 0.6) is 0 Å². The fourth-order valence-corrected chi connectivity index (χ4v) is 2.37. The van der Waals surface area contributed by atoms with Gasteiger partial charge >= 0.3 is 6.18 Å².